The Morgan fingerprint density at radius 2 is 1.76 bits per heavy atom. The second-order valence-corrected chi connectivity index (χ2v) is 3.55. The van der Waals surface area contributed by atoms with E-state index in [2.05, 4.69) is 15.1 Å². The largest absolute Gasteiger partial charge is 0.279 e. The van der Waals surface area contributed by atoms with Crippen LogP contribution < -0.4 is 5.56 Å². The molecule has 2 heterocycles. The van der Waals surface area contributed by atoms with E-state index in [1.807, 2.05) is 18.2 Å². The van der Waals surface area contributed by atoms with Gasteiger partial charge < -0.3 is 0 Å². The summed E-state index contributed by atoms with van der Waals surface area (Å²) in [5.41, 5.74) is 0.390. The minimum Gasteiger partial charge on any atom is -0.267 e. The van der Waals surface area contributed by atoms with Crippen LogP contribution in [0.25, 0.3) is 16.5 Å². The highest BCUT2D eigenvalue weighted by molar-refractivity contribution is 5.80. The van der Waals surface area contributed by atoms with E-state index in [4.69, 9.17) is 0 Å². The predicted molar refractivity (Wildman–Crippen MR) is 62.9 cm³/mol. The summed E-state index contributed by atoms with van der Waals surface area (Å²) in [5.74, 6) is 0. The van der Waals surface area contributed by atoms with Gasteiger partial charge in [-0.15, -0.1) is 0 Å². The van der Waals surface area contributed by atoms with Gasteiger partial charge in [0.05, 0.1) is 24.0 Å². The predicted octanol–water partition coefficient (Wildman–Crippen LogP) is 1.18. The molecule has 82 valence electrons. The van der Waals surface area contributed by atoms with Crippen molar-refractivity contribution in [2.45, 2.75) is 0 Å². The summed E-state index contributed by atoms with van der Waals surface area (Å²) in [6.45, 7) is 0. The van der Waals surface area contributed by atoms with E-state index in [1.54, 1.807) is 24.7 Å². The Morgan fingerprint density at radius 3 is 2.59 bits per heavy atom. The lowest BCUT2D eigenvalue weighted by molar-refractivity contribution is 0.809. The quantitative estimate of drug-likeness (QED) is 0.622. The van der Waals surface area contributed by atoms with Gasteiger partial charge >= 0.3 is 0 Å². The Kier molecular flexibility index (Phi) is 2.15. The molecule has 0 aliphatic rings. The summed E-state index contributed by atoms with van der Waals surface area (Å²) in [6.07, 6.45) is 6.17. The molecule has 3 rings (SSSR count). The maximum absolute atomic E-state index is 12.2. The number of aromatic nitrogens is 4. The molecule has 0 aliphatic carbocycles. The van der Waals surface area contributed by atoms with Gasteiger partial charge in [-0.3, -0.25) is 4.79 Å². The topological polar surface area (TPSA) is 60.7 Å². The molecule has 5 heteroatoms. The zero-order valence-electron chi connectivity index (χ0n) is 8.82. The number of fused-ring (bicyclic) bond motifs is 1. The van der Waals surface area contributed by atoms with Crippen LogP contribution in [-0.2, 0) is 0 Å². The molecular formula is C12H8N4O. The summed E-state index contributed by atoms with van der Waals surface area (Å²) in [4.78, 5) is 19.9. The normalized spacial score (nSPS) is 10.6. The van der Waals surface area contributed by atoms with E-state index in [-0.39, 0.29) is 5.56 Å². The van der Waals surface area contributed by atoms with Crippen molar-refractivity contribution in [2.75, 3.05) is 0 Å². The van der Waals surface area contributed by atoms with Gasteiger partial charge in [0.1, 0.15) is 12.0 Å². The van der Waals surface area contributed by atoms with Crippen molar-refractivity contribution in [2.24, 2.45) is 0 Å². The van der Waals surface area contributed by atoms with E-state index >= 15 is 0 Å². The van der Waals surface area contributed by atoms with Gasteiger partial charge in [0.25, 0.3) is 5.56 Å². The molecular weight excluding hydrogens is 216 g/mol. The van der Waals surface area contributed by atoms with Gasteiger partial charge in [-0.2, -0.15) is 9.78 Å². The third-order valence-corrected chi connectivity index (χ3v) is 2.49. The number of nitrogens with zero attached hydrogens (tertiary/aromatic N) is 4. The molecule has 0 spiro atoms. The number of rotatable bonds is 1. The molecule has 0 aliphatic heterocycles. The molecule has 0 saturated heterocycles. The van der Waals surface area contributed by atoms with E-state index in [0.717, 1.165) is 5.39 Å². The summed E-state index contributed by atoms with van der Waals surface area (Å²) in [7, 11) is 0. The molecule has 1 aromatic carbocycles. The molecule has 0 bridgehead atoms. The Morgan fingerprint density at radius 1 is 1.00 bits per heavy atom. The maximum Gasteiger partial charge on any atom is 0.279 e. The molecule has 0 unspecified atom stereocenters. The van der Waals surface area contributed by atoms with Crippen molar-refractivity contribution in [1.82, 2.24) is 19.7 Å². The summed E-state index contributed by atoms with van der Waals surface area (Å²) in [5, 5.41) is 5.56. The van der Waals surface area contributed by atoms with Gasteiger partial charge in [-0.25, -0.2) is 9.97 Å². The lowest BCUT2D eigenvalue weighted by Gasteiger charge is -2.04. The standard InChI is InChI=1S/C12H8N4O/c17-12-11-4-2-1-3-9(11)5-15-16(12)10-6-13-8-14-7-10/h1-8H. The van der Waals surface area contributed by atoms with Gasteiger partial charge in [-0.05, 0) is 6.07 Å². The Labute approximate surface area is 96.4 Å². The zero-order chi connectivity index (χ0) is 11.7. The fraction of sp³-hybridized carbons (Fsp3) is 0. The Hall–Kier alpha value is -2.56. The van der Waals surface area contributed by atoms with Gasteiger partial charge in [-0.1, -0.05) is 18.2 Å². The van der Waals surface area contributed by atoms with Crippen molar-refractivity contribution >= 4 is 10.8 Å². The van der Waals surface area contributed by atoms with E-state index in [9.17, 15) is 4.79 Å². The van der Waals surface area contributed by atoms with Crippen molar-refractivity contribution in [3.05, 3.63) is 59.5 Å². The average Bonchev–Trinajstić information content (AvgIpc) is 2.40. The van der Waals surface area contributed by atoms with Crippen LogP contribution in [-0.4, -0.2) is 19.7 Å². The van der Waals surface area contributed by atoms with Crippen molar-refractivity contribution in [1.29, 1.82) is 0 Å². The first-order valence-electron chi connectivity index (χ1n) is 5.09. The molecule has 5 nitrogen and oxygen atoms in total. The zero-order valence-corrected chi connectivity index (χ0v) is 8.82. The molecule has 0 saturated carbocycles. The fourth-order valence-electron chi connectivity index (χ4n) is 1.68. The highest BCUT2D eigenvalue weighted by atomic mass is 16.1. The van der Waals surface area contributed by atoms with Gasteiger partial charge in [0.15, 0.2) is 0 Å². The third kappa shape index (κ3) is 1.57. The Balaban J connectivity index is 2.33. The van der Waals surface area contributed by atoms with Crippen LogP contribution in [0, 0.1) is 0 Å². The summed E-state index contributed by atoms with van der Waals surface area (Å²) < 4.78 is 1.29. The molecule has 0 amide bonds. The van der Waals surface area contributed by atoms with Crippen LogP contribution >= 0.6 is 0 Å². The fourth-order valence-corrected chi connectivity index (χ4v) is 1.68. The average molecular weight is 224 g/mol. The van der Waals surface area contributed by atoms with Crippen molar-refractivity contribution < 1.29 is 0 Å². The SMILES string of the molecule is O=c1c2ccccc2cnn1-c1cncnc1. The van der Waals surface area contributed by atoms with Crippen molar-refractivity contribution in [3.8, 4) is 5.69 Å². The molecule has 0 atom stereocenters. The van der Waals surface area contributed by atoms with Gasteiger partial charge in [0, 0.05) is 5.39 Å². The number of benzene rings is 1. The van der Waals surface area contributed by atoms with Crippen LogP contribution in [0.15, 0.2) is 54.0 Å². The number of hydrogen-bond acceptors (Lipinski definition) is 4. The smallest absolute Gasteiger partial charge is 0.267 e. The first-order chi connectivity index (χ1) is 8.36. The molecule has 0 N–H and O–H groups in total. The van der Waals surface area contributed by atoms with Crippen LogP contribution in [0.4, 0.5) is 0 Å². The van der Waals surface area contributed by atoms with E-state index < -0.39 is 0 Å². The van der Waals surface area contributed by atoms with E-state index in [0.29, 0.717) is 11.1 Å². The highest BCUT2D eigenvalue weighted by Gasteiger charge is 2.05. The lowest BCUT2D eigenvalue weighted by atomic mass is 10.2. The molecule has 0 fully saturated rings. The molecule has 17 heavy (non-hydrogen) atoms. The lowest BCUT2D eigenvalue weighted by Crippen LogP contribution is -2.21. The van der Waals surface area contributed by atoms with E-state index in [1.165, 1.54) is 11.0 Å². The Bertz CT molecular complexity index is 721. The van der Waals surface area contributed by atoms with Crippen LogP contribution in [0.1, 0.15) is 0 Å². The first-order valence-corrected chi connectivity index (χ1v) is 5.09. The van der Waals surface area contributed by atoms with Crippen LogP contribution in [0.5, 0.6) is 0 Å². The minimum absolute atomic E-state index is 0.169. The maximum atomic E-state index is 12.2. The van der Waals surface area contributed by atoms with Crippen molar-refractivity contribution in [3.63, 3.8) is 0 Å². The molecule has 0 radical (unpaired) electrons. The second kappa shape index (κ2) is 3.79. The van der Waals surface area contributed by atoms with Crippen LogP contribution in [0.3, 0.4) is 0 Å². The van der Waals surface area contributed by atoms with Crippen LogP contribution in [0.2, 0.25) is 0 Å². The summed E-state index contributed by atoms with van der Waals surface area (Å²) >= 11 is 0. The van der Waals surface area contributed by atoms with Gasteiger partial charge in [0.2, 0.25) is 0 Å². The molecule has 3 aromatic rings. The molecule has 2 aromatic heterocycles. The first kappa shape index (κ1) is 9.65. The monoisotopic (exact) mass is 224 g/mol. The third-order valence-electron chi connectivity index (χ3n) is 2.49. The summed E-state index contributed by atoms with van der Waals surface area (Å²) in [6, 6.07) is 7.34. The minimum atomic E-state index is -0.169. The highest BCUT2D eigenvalue weighted by Crippen LogP contribution is 2.08. The number of hydrogen-bond donors (Lipinski definition) is 0. The second-order valence-electron chi connectivity index (χ2n) is 3.55.